The van der Waals surface area contributed by atoms with Crippen LogP contribution < -0.4 is 5.32 Å². The highest BCUT2D eigenvalue weighted by atomic mass is 32.1. The van der Waals surface area contributed by atoms with Gasteiger partial charge in [0.15, 0.2) is 0 Å². The van der Waals surface area contributed by atoms with Crippen molar-refractivity contribution in [3.8, 4) is 0 Å². The number of rotatable bonds is 5. The van der Waals surface area contributed by atoms with Gasteiger partial charge in [0.2, 0.25) is 0 Å². The summed E-state index contributed by atoms with van der Waals surface area (Å²) in [6, 6.07) is 9.64. The minimum absolute atomic E-state index is 0.0831. The molecule has 0 saturated heterocycles. The molecule has 3 aromatic rings. The second kappa shape index (κ2) is 7.41. The number of hydrogen-bond acceptors (Lipinski definition) is 4. The quantitative estimate of drug-likeness (QED) is 0.737. The number of nitrogens with one attached hydrogen (secondary N) is 1. The molecule has 0 bridgehead atoms. The largest absolute Gasteiger partial charge is 0.344 e. The van der Waals surface area contributed by atoms with E-state index in [1.54, 1.807) is 11.3 Å². The van der Waals surface area contributed by atoms with Crippen molar-refractivity contribution in [2.75, 3.05) is 0 Å². The van der Waals surface area contributed by atoms with Gasteiger partial charge in [0.25, 0.3) is 5.91 Å². The summed E-state index contributed by atoms with van der Waals surface area (Å²) in [6.45, 7) is 10.7. The summed E-state index contributed by atoms with van der Waals surface area (Å²) >= 11 is 1.66. The molecule has 2 heterocycles. The van der Waals surface area contributed by atoms with Gasteiger partial charge in [-0.05, 0) is 58.4 Å². The Balaban J connectivity index is 1.67. The standard InChI is InChI=1S/C20H24N4OS/c1-12-10-13(2)24(23-12)11-17-6-8-18(9-7-17)20(25)21-14(3)19-15(4)26-16(5)22-19/h6-10,14H,11H2,1-5H3,(H,21,25)/t14-/m0/s1. The van der Waals surface area contributed by atoms with E-state index in [9.17, 15) is 4.79 Å². The van der Waals surface area contributed by atoms with Crippen molar-refractivity contribution in [3.05, 3.63) is 68.4 Å². The second-order valence-electron chi connectivity index (χ2n) is 6.65. The molecular formula is C20H24N4OS. The highest BCUT2D eigenvalue weighted by molar-refractivity contribution is 7.11. The minimum Gasteiger partial charge on any atom is -0.344 e. The molecule has 0 radical (unpaired) electrons. The lowest BCUT2D eigenvalue weighted by Crippen LogP contribution is -2.27. The van der Waals surface area contributed by atoms with Crippen LogP contribution in [0.1, 0.15) is 55.9 Å². The summed E-state index contributed by atoms with van der Waals surface area (Å²) in [5, 5.41) is 8.53. The first kappa shape index (κ1) is 18.3. The Labute approximate surface area is 158 Å². The molecule has 1 aromatic carbocycles. The number of amides is 1. The van der Waals surface area contributed by atoms with Gasteiger partial charge >= 0.3 is 0 Å². The number of aromatic nitrogens is 3. The minimum atomic E-state index is -0.109. The Morgan fingerprint density at radius 2 is 1.88 bits per heavy atom. The molecule has 1 N–H and O–H groups in total. The Bertz CT molecular complexity index is 924. The van der Waals surface area contributed by atoms with Crippen LogP contribution >= 0.6 is 11.3 Å². The van der Waals surface area contributed by atoms with Crippen molar-refractivity contribution in [1.29, 1.82) is 0 Å². The lowest BCUT2D eigenvalue weighted by molar-refractivity contribution is 0.0939. The summed E-state index contributed by atoms with van der Waals surface area (Å²) in [5.41, 5.74) is 4.86. The molecule has 2 aromatic heterocycles. The molecule has 3 rings (SSSR count). The Morgan fingerprint density at radius 3 is 2.42 bits per heavy atom. The van der Waals surface area contributed by atoms with E-state index in [0.29, 0.717) is 12.1 Å². The molecule has 5 nitrogen and oxygen atoms in total. The van der Waals surface area contributed by atoms with E-state index in [1.807, 2.05) is 63.6 Å². The van der Waals surface area contributed by atoms with E-state index >= 15 is 0 Å². The number of hydrogen-bond donors (Lipinski definition) is 1. The second-order valence-corrected chi connectivity index (χ2v) is 8.06. The van der Waals surface area contributed by atoms with Crippen LogP contribution in [0, 0.1) is 27.7 Å². The van der Waals surface area contributed by atoms with Crippen LogP contribution in [-0.2, 0) is 6.54 Å². The summed E-state index contributed by atoms with van der Waals surface area (Å²) in [5.74, 6) is -0.0831. The molecule has 0 unspecified atom stereocenters. The van der Waals surface area contributed by atoms with Crippen LogP contribution in [0.3, 0.4) is 0 Å². The molecule has 26 heavy (non-hydrogen) atoms. The van der Waals surface area contributed by atoms with E-state index < -0.39 is 0 Å². The Morgan fingerprint density at radius 1 is 1.19 bits per heavy atom. The van der Waals surface area contributed by atoms with E-state index in [2.05, 4.69) is 21.5 Å². The number of nitrogens with zero attached hydrogens (tertiary/aromatic N) is 3. The molecule has 1 atom stereocenters. The van der Waals surface area contributed by atoms with Crippen molar-refractivity contribution in [2.24, 2.45) is 0 Å². The lowest BCUT2D eigenvalue weighted by Gasteiger charge is -2.13. The van der Waals surface area contributed by atoms with Crippen molar-refractivity contribution in [1.82, 2.24) is 20.1 Å². The third-order valence-corrected chi connectivity index (χ3v) is 5.25. The molecule has 6 heteroatoms. The molecule has 0 aliphatic carbocycles. The van der Waals surface area contributed by atoms with Crippen molar-refractivity contribution < 1.29 is 4.79 Å². The Hall–Kier alpha value is -2.47. The first-order valence-electron chi connectivity index (χ1n) is 8.68. The molecule has 0 fully saturated rings. The third-order valence-electron chi connectivity index (χ3n) is 4.35. The maximum Gasteiger partial charge on any atom is 0.251 e. The van der Waals surface area contributed by atoms with Gasteiger partial charge < -0.3 is 5.32 Å². The van der Waals surface area contributed by atoms with E-state index in [0.717, 1.165) is 32.5 Å². The normalized spacial score (nSPS) is 12.2. The Kier molecular flexibility index (Phi) is 5.23. The zero-order chi connectivity index (χ0) is 18.8. The first-order valence-corrected chi connectivity index (χ1v) is 9.50. The fourth-order valence-corrected chi connectivity index (χ4v) is 3.98. The van der Waals surface area contributed by atoms with Gasteiger partial charge in [-0.1, -0.05) is 12.1 Å². The van der Waals surface area contributed by atoms with Crippen LogP contribution in [0.4, 0.5) is 0 Å². The fourth-order valence-electron chi connectivity index (χ4n) is 3.06. The van der Waals surface area contributed by atoms with Gasteiger partial charge in [0.05, 0.1) is 29.0 Å². The van der Waals surface area contributed by atoms with E-state index in [1.165, 1.54) is 0 Å². The van der Waals surface area contributed by atoms with Crippen LogP contribution in [0.15, 0.2) is 30.3 Å². The lowest BCUT2D eigenvalue weighted by atomic mass is 10.1. The van der Waals surface area contributed by atoms with Gasteiger partial charge in [-0.2, -0.15) is 5.10 Å². The number of thiazole rings is 1. The van der Waals surface area contributed by atoms with Crippen LogP contribution in [0.2, 0.25) is 0 Å². The smallest absolute Gasteiger partial charge is 0.251 e. The molecule has 1 amide bonds. The predicted molar refractivity (Wildman–Crippen MR) is 105 cm³/mol. The van der Waals surface area contributed by atoms with Gasteiger partial charge in [0, 0.05) is 16.1 Å². The predicted octanol–water partition coefficient (Wildman–Crippen LogP) is 4.11. The number of carbonyl (C=O) groups excluding carboxylic acids is 1. The van der Waals surface area contributed by atoms with Crippen molar-refractivity contribution in [2.45, 2.75) is 47.2 Å². The maximum absolute atomic E-state index is 12.5. The third kappa shape index (κ3) is 4.02. The molecule has 0 aliphatic heterocycles. The summed E-state index contributed by atoms with van der Waals surface area (Å²) in [7, 11) is 0. The van der Waals surface area contributed by atoms with Gasteiger partial charge in [-0.15, -0.1) is 11.3 Å². The molecule has 0 spiro atoms. The SMILES string of the molecule is Cc1cc(C)n(Cc2ccc(C(=O)N[C@@H](C)c3nc(C)sc3C)cc2)n1. The summed E-state index contributed by atoms with van der Waals surface area (Å²) in [6.07, 6.45) is 0. The molecular weight excluding hydrogens is 344 g/mol. The number of benzene rings is 1. The summed E-state index contributed by atoms with van der Waals surface area (Å²) in [4.78, 5) is 18.2. The highest BCUT2D eigenvalue weighted by Gasteiger charge is 2.16. The highest BCUT2D eigenvalue weighted by Crippen LogP contribution is 2.22. The number of carbonyl (C=O) groups is 1. The fraction of sp³-hybridized carbons (Fsp3) is 0.350. The number of aryl methyl sites for hydroxylation is 4. The average molecular weight is 369 g/mol. The van der Waals surface area contributed by atoms with Crippen LogP contribution in [-0.4, -0.2) is 20.7 Å². The van der Waals surface area contributed by atoms with E-state index in [4.69, 9.17) is 0 Å². The van der Waals surface area contributed by atoms with Crippen LogP contribution in [0.5, 0.6) is 0 Å². The molecule has 136 valence electrons. The zero-order valence-corrected chi connectivity index (χ0v) is 16.6. The topological polar surface area (TPSA) is 59.8 Å². The maximum atomic E-state index is 12.5. The summed E-state index contributed by atoms with van der Waals surface area (Å²) < 4.78 is 1.97. The van der Waals surface area contributed by atoms with Crippen molar-refractivity contribution >= 4 is 17.2 Å². The van der Waals surface area contributed by atoms with Gasteiger partial charge in [-0.3, -0.25) is 9.48 Å². The average Bonchev–Trinajstić information content (AvgIpc) is 3.08. The van der Waals surface area contributed by atoms with Gasteiger partial charge in [0.1, 0.15) is 0 Å². The zero-order valence-electron chi connectivity index (χ0n) is 15.8. The first-order chi connectivity index (χ1) is 12.3. The molecule has 0 aliphatic rings. The molecule has 0 saturated carbocycles. The van der Waals surface area contributed by atoms with E-state index in [-0.39, 0.29) is 11.9 Å². The monoisotopic (exact) mass is 368 g/mol. The van der Waals surface area contributed by atoms with Gasteiger partial charge in [-0.25, -0.2) is 4.98 Å². The van der Waals surface area contributed by atoms with Crippen molar-refractivity contribution in [3.63, 3.8) is 0 Å². The van der Waals surface area contributed by atoms with Crippen LogP contribution in [0.25, 0.3) is 0 Å².